The molecule has 3 aromatic heterocycles. The molecule has 1 aliphatic rings. The summed E-state index contributed by atoms with van der Waals surface area (Å²) in [4.78, 5) is 23.6. The van der Waals surface area contributed by atoms with Crippen molar-refractivity contribution in [2.24, 2.45) is 5.92 Å². The monoisotopic (exact) mass is 346 g/mol. The van der Waals surface area contributed by atoms with Crippen LogP contribution in [0.15, 0.2) is 42.6 Å². The summed E-state index contributed by atoms with van der Waals surface area (Å²) in [6.07, 6.45) is 5.08. The summed E-state index contributed by atoms with van der Waals surface area (Å²) in [5, 5.41) is 10.3. The fourth-order valence-electron chi connectivity index (χ4n) is 3.50. The molecule has 0 bridgehead atoms. The molecular weight excluding hydrogens is 328 g/mol. The first-order valence-corrected chi connectivity index (χ1v) is 8.82. The molecule has 3 heterocycles. The Morgan fingerprint density at radius 1 is 1.27 bits per heavy atom. The second kappa shape index (κ2) is 5.69. The second-order valence-electron chi connectivity index (χ2n) is 7.00. The summed E-state index contributed by atoms with van der Waals surface area (Å²) in [7, 11) is 0. The zero-order chi connectivity index (χ0) is 17.7. The van der Waals surface area contributed by atoms with Gasteiger partial charge in [0.15, 0.2) is 0 Å². The molecule has 1 aromatic carbocycles. The van der Waals surface area contributed by atoms with Gasteiger partial charge in [-0.2, -0.15) is 0 Å². The van der Waals surface area contributed by atoms with Crippen LogP contribution < -0.4 is 0 Å². The van der Waals surface area contributed by atoms with Crippen molar-refractivity contribution < 1.29 is 9.90 Å². The highest BCUT2D eigenvalue weighted by Gasteiger charge is 2.24. The molecule has 0 radical (unpaired) electrons. The van der Waals surface area contributed by atoms with Gasteiger partial charge in [-0.1, -0.05) is 0 Å². The fourth-order valence-corrected chi connectivity index (χ4v) is 3.50. The van der Waals surface area contributed by atoms with Crippen LogP contribution in [-0.2, 0) is 13.0 Å². The molecule has 2 N–H and O–H groups in total. The molecule has 0 saturated heterocycles. The molecule has 1 aliphatic carbocycles. The SMILES string of the molecule is O=C(O)c1ccc2nc(Cc3cc4cccnc4n3CC3CC3)[nH]c2c1. The molecule has 5 rings (SSSR count). The maximum Gasteiger partial charge on any atom is 0.335 e. The van der Waals surface area contributed by atoms with Gasteiger partial charge in [0.2, 0.25) is 0 Å². The van der Waals surface area contributed by atoms with E-state index in [1.807, 2.05) is 12.3 Å². The number of hydrogen-bond donors (Lipinski definition) is 2. The molecule has 130 valence electrons. The molecule has 26 heavy (non-hydrogen) atoms. The zero-order valence-electron chi connectivity index (χ0n) is 14.1. The van der Waals surface area contributed by atoms with Crippen molar-refractivity contribution >= 4 is 28.0 Å². The van der Waals surface area contributed by atoms with Crippen LogP contribution in [0.4, 0.5) is 0 Å². The predicted molar refractivity (Wildman–Crippen MR) is 98.3 cm³/mol. The molecular formula is C20H18N4O2. The average Bonchev–Trinajstić information content (AvgIpc) is 3.26. The third-order valence-electron chi connectivity index (χ3n) is 5.01. The maximum atomic E-state index is 11.2. The Kier molecular flexibility index (Phi) is 3.31. The Hall–Kier alpha value is -3.15. The number of carboxylic acid groups (broad SMARTS) is 1. The van der Waals surface area contributed by atoms with Gasteiger partial charge in [-0.15, -0.1) is 0 Å². The van der Waals surface area contributed by atoms with Gasteiger partial charge < -0.3 is 14.7 Å². The highest BCUT2D eigenvalue weighted by molar-refractivity contribution is 5.92. The number of carboxylic acids is 1. The lowest BCUT2D eigenvalue weighted by Crippen LogP contribution is -2.06. The summed E-state index contributed by atoms with van der Waals surface area (Å²) in [6, 6.07) is 11.2. The number of fused-ring (bicyclic) bond motifs is 2. The minimum atomic E-state index is -0.932. The van der Waals surface area contributed by atoms with Crippen LogP contribution in [0.5, 0.6) is 0 Å². The second-order valence-corrected chi connectivity index (χ2v) is 7.00. The van der Waals surface area contributed by atoms with Crippen molar-refractivity contribution in [1.29, 1.82) is 0 Å². The van der Waals surface area contributed by atoms with Crippen LogP contribution >= 0.6 is 0 Å². The van der Waals surface area contributed by atoms with Gasteiger partial charge in [0.1, 0.15) is 11.5 Å². The first-order valence-electron chi connectivity index (χ1n) is 8.82. The van der Waals surface area contributed by atoms with Crippen LogP contribution in [0.2, 0.25) is 0 Å². The Bertz CT molecular complexity index is 1140. The molecule has 1 fully saturated rings. The molecule has 0 atom stereocenters. The molecule has 1 saturated carbocycles. The summed E-state index contributed by atoms with van der Waals surface area (Å²) in [5.74, 6) is 0.654. The van der Waals surface area contributed by atoms with Gasteiger partial charge in [0.25, 0.3) is 0 Å². The molecule has 6 nitrogen and oxygen atoms in total. The quantitative estimate of drug-likeness (QED) is 0.578. The number of aromatic amines is 1. The fraction of sp³-hybridized carbons (Fsp3) is 0.250. The lowest BCUT2D eigenvalue weighted by atomic mass is 10.2. The highest BCUT2D eigenvalue weighted by atomic mass is 16.4. The minimum absolute atomic E-state index is 0.264. The molecule has 0 unspecified atom stereocenters. The number of imidazole rings is 1. The van der Waals surface area contributed by atoms with Crippen LogP contribution in [0.1, 0.15) is 34.7 Å². The first kappa shape index (κ1) is 15.1. The standard InChI is InChI=1S/C20H18N4O2/c25-20(26)14-5-6-16-17(9-14)23-18(22-16)10-15-8-13-2-1-7-21-19(13)24(15)11-12-3-4-12/h1-2,5-9,12H,3-4,10-11H2,(H,22,23)(H,25,26). The number of aromatic carboxylic acids is 1. The van der Waals surface area contributed by atoms with E-state index in [-0.39, 0.29) is 5.56 Å². The van der Waals surface area contributed by atoms with E-state index in [0.717, 1.165) is 40.4 Å². The highest BCUT2D eigenvalue weighted by Crippen LogP contribution is 2.33. The number of H-pyrrole nitrogens is 1. The lowest BCUT2D eigenvalue weighted by molar-refractivity contribution is 0.0697. The van der Waals surface area contributed by atoms with Crippen molar-refractivity contribution in [1.82, 2.24) is 19.5 Å². The Morgan fingerprint density at radius 3 is 2.96 bits per heavy atom. The zero-order valence-corrected chi connectivity index (χ0v) is 14.1. The number of hydrogen-bond acceptors (Lipinski definition) is 3. The predicted octanol–water partition coefficient (Wildman–Crippen LogP) is 3.61. The third kappa shape index (κ3) is 2.63. The molecule has 4 aromatic rings. The summed E-state index contributed by atoms with van der Waals surface area (Å²) >= 11 is 0. The molecule has 0 aliphatic heterocycles. The number of nitrogens with zero attached hydrogens (tertiary/aromatic N) is 3. The van der Waals surface area contributed by atoms with Crippen molar-refractivity contribution in [2.45, 2.75) is 25.8 Å². The summed E-state index contributed by atoms with van der Waals surface area (Å²) in [5.41, 5.74) is 4.01. The normalized spacial score (nSPS) is 14.3. The topological polar surface area (TPSA) is 83.8 Å². The molecule has 0 spiro atoms. The van der Waals surface area contributed by atoms with E-state index >= 15 is 0 Å². The number of benzene rings is 1. The molecule has 0 amide bonds. The van der Waals surface area contributed by atoms with Gasteiger partial charge in [-0.25, -0.2) is 14.8 Å². The average molecular weight is 346 g/mol. The van der Waals surface area contributed by atoms with E-state index in [1.165, 1.54) is 18.5 Å². The van der Waals surface area contributed by atoms with Crippen LogP contribution in [-0.4, -0.2) is 30.6 Å². The van der Waals surface area contributed by atoms with E-state index in [2.05, 4.69) is 31.7 Å². The minimum Gasteiger partial charge on any atom is -0.478 e. The Balaban J connectivity index is 1.54. The van der Waals surface area contributed by atoms with E-state index in [0.29, 0.717) is 6.42 Å². The van der Waals surface area contributed by atoms with Gasteiger partial charge >= 0.3 is 5.97 Å². The number of carbonyl (C=O) groups is 1. The number of nitrogens with one attached hydrogen (secondary N) is 1. The van der Waals surface area contributed by atoms with Crippen molar-refractivity contribution in [3.63, 3.8) is 0 Å². The van der Waals surface area contributed by atoms with Crippen molar-refractivity contribution in [3.8, 4) is 0 Å². The lowest BCUT2D eigenvalue weighted by Gasteiger charge is -2.08. The van der Waals surface area contributed by atoms with Gasteiger partial charge in [-0.3, -0.25) is 0 Å². The van der Waals surface area contributed by atoms with Crippen LogP contribution in [0.3, 0.4) is 0 Å². The van der Waals surface area contributed by atoms with E-state index in [4.69, 9.17) is 5.11 Å². The van der Waals surface area contributed by atoms with Crippen molar-refractivity contribution in [3.05, 3.63) is 59.7 Å². The molecule has 6 heteroatoms. The Labute approximate surface area is 149 Å². The number of pyridine rings is 1. The van der Waals surface area contributed by atoms with Gasteiger partial charge in [-0.05, 0) is 55.2 Å². The summed E-state index contributed by atoms with van der Waals surface area (Å²) < 4.78 is 2.31. The third-order valence-corrected chi connectivity index (χ3v) is 5.01. The van der Waals surface area contributed by atoms with Crippen LogP contribution in [0, 0.1) is 5.92 Å². The number of aromatic nitrogens is 4. The largest absolute Gasteiger partial charge is 0.478 e. The van der Waals surface area contributed by atoms with E-state index in [1.54, 1.807) is 18.2 Å². The van der Waals surface area contributed by atoms with Crippen LogP contribution in [0.25, 0.3) is 22.1 Å². The van der Waals surface area contributed by atoms with Gasteiger partial charge in [0.05, 0.1) is 16.6 Å². The maximum absolute atomic E-state index is 11.2. The summed E-state index contributed by atoms with van der Waals surface area (Å²) in [6.45, 7) is 0.999. The first-order chi connectivity index (χ1) is 12.7. The smallest absolute Gasteiger partial charge is 0.335 e. The number of rotatable bonds is 5. The van der Waals surface area contributed by atoms with E-state index < -0.39 is 5.97 Å². The van der Waals surface area contributed by atoms with Gasteiger partial charge in [0, 0.05) is 30.2 Å². The Morgan fingerprint density at radius 2 is 2.15 bits per heavy atom. The van der Waals surface area contributed by atoms with Crippen molar-refractivity contribution in [2.75, 3.05) is 0 Å². The van der Waals surface area contributed by atoms with E-state index in [9.17, 15) is 4.79 Å².